The van der Waals surface area contributed by atoms with Crippen molar-refractivity contribution < 1.29 is 19.5 Å². The monoisotopic (exact) mass is 344 g/mol. The minimum absolute atomic E-state index is 0.229. The van der Waals surface area contributed by atoms with Crippen LogP contribution in [0.25, 0.3) is 0 Å². The zero-order valence-corrected chi connectivity index (χ0v) is 14.7. The summed E-state index contributed by atoms with van der Waals surface area (Å²) in [7, 11) is 0. The fraction of sp³-hybridized carbons (Fsp3) is 0.421. The van der Waals surface area contributed by atoms with Gasteiger partial charge >= 0.3 is 5.97 Å². The zero-order valence-electron chi connectivity index (χ0n) is 14.7. The number of nitrogens with one attached hydrogen (secondary N) is 2. The number of hydrogen-bond donors (Lipinski definition) is 3. The van der Waals surface area contributed by atoms with E-state index in [2.05, 4.69) is 10.6 Å². The van der Waals surface area contributed by atoms with Crippen molar-refractivity contribution >= 4 is 23.5 Å². The molecule has 0 radical (unpaired) electrons. The Kier molecular flexibility index (Phi) is 5.62. The van der Waals surface area contributed by atoms with Crippen LogP contribution in [0.5, 0.6) is 0 Å². The van der Waals surface area contributed by atoms with Gasteiger partial charge in [0.25, 0.3) is 5.91 Å². The Balaban J connectivity index is 2.11. The van der Waals surface area contributed by atoms with E-state index >= 15 is 0 Å². The number of benzene rings is 1. The van der Waals surface area contributed by atoms with E-state index in [0.29, 0.717) is 24.1 Å². The number of carboxylic acids is 1. The molecular weight excluding hydrogens is 320 g/mol. The number of hydrogen-bond acceptors (Lipinski definition) is 3. The van der Waals surface area contributed by atoms with Crippen LogP contribution in [0.1, 0.15) is 44.0 Å². The molecule has 0 saturated heterocycles. The van der Waals surface area contributed by atoms with E-state index in [0.717, 1.165) is 0 Å². The summed E-state index contributed by atoms with van der Waals surface area (Å²) in [4.78, 5) is 36.0. The number of aliphatic carboxylic acids is 1. The van der Waals surface area contributed by atoms with Crippen LogP contribution in [-0.4, -0.2) is 28.4 Å². The van der Waals surface area contributed by atoms with Crippen LogP contribution < -0.4 is 10.6 Å². The highest BCUT2D eigenvalue weighted by atomic mass is 16.4. The topological polar surface area (TPSA) is 95.5 Å². The van der Waals surface area contributed by atoms with Gasteiger partial charge in [-0.05, 0) is 51.8 Å². The largest absolute Gasteiger partial charge is 0.481 e. The van der Waals surface area contributed by atoms with Crippen LogP contribution in [-0.2, 0) is 9.59 Å². The lowest BCUT2D eigenvalue weighted by molar-refractivity contribution is -0.146. The second kappa shape index (κ2) is 7.51. The lowest BCUT2D eigenvalue weighted by Gasteiger charge is -2.24. The highest BCUT2D eigenvalue weighted by Crippen LogP contribution is 2.27. The highest BCUT2D eigenvalue weighted by molar-refractivity contribution is 5.99. The van der Waals surface area contributed by atoms with Gasteiger partial charge in [0.2, 0.25) is 5.91 Å². The molecule has 2 amide bonds. The van der Waals surface area contributed by atoms with Gasteiger partial charge in [-0.1, -0.05) is 18.2 Å². The van der Waals surface area contributed by atoms with E-state index < -0.39 is 17.8 Å². The molecular formula is C19H24N2O4. The number of rotatable bonds is 4. The third kappa shape index (κ3) is 5.17. The van der Waals surface area contributed by atoms with Crippen molar-refractivity contribution in [1.29, 1.82) is 0 Å². The SMILES string of the molecule is CC(C)(C)NC(=O)c1cccc(NC(=O)[C@H]2CC=CC[C@@H]2C(=O)O)c1. The summed E-state index contributed by atoms with van der Waals surface area (Å²) in [5, 5.41) is 14.9. The Morgan fingerprint density at radius 1 is 1.08 bits per heavy atom. The maximum absolute atomic E-state index is 12.5. The first-order chi connectivity index (χ1) is 11.7. The maximum Gasteiger partial charge on any atom is 0.307 e. The molecule has 0 saturated carbocycles. The molecule has 6 nitrogen and oxygen atoms in total. The molecule has 2 atom stereocenters. The van der Waals surface area contributed by atoms with E-state index in [1.54, 1.807) is 30.3 Å². The molecule has 1 aliphatic carbocycles. The molecule has 1 aromatic carbocycles. The van der Waals surface area contributed by atoms with Crippen molar-refractivity contribution in [2.75, 3.05) is 5.32 Å². The standard InChI is InChI=1S/C19H24N2O4/c1-19(2,3)21-16(22)12-7-6-8-13(11-12)20-17(23)14-9-4-5-10-15(14)18(24)25/h4-8,11,14-15H,9-10H2,1-3H3,(H,20,23)(H,21,22)(H,24,25)/t14-,15-/m0/s1. The summed E-state index contributed by atoms with van der Waals surface area (Å²) in [6.07, 6.45) is 4.37. The molecule has 0 unspecified atom stereocenters. The number of amides is 2. The molecule has 1 aliphatic rings. The normalized spacial score (nSPS) is 20.0. The molecule has 1 aromatic rings. The molecule has 2 rings (SSSR count). The van der Waals surface area contributed by atoms with Crippen LogP contribution in [0.2, 0.25) is 0 Å². The molecule has 0 heterocycles. The summed E-state index contributed by atoms with van der Waals surface area (Å²) >= 11 is 0. The van der Waals surface area contributed by atoms with Gasteiger partial charge in [0, 0.05) is 16.8 Å². The van der Waals surface area contributed by atoms with Crippen LogP contribution in [0.3, 0.4) is 0 Å². The first-order valence-electron chi connectivity index (χ1n) is 8.28. The third-order valence-electron chi connectivity index (χ3n) is 3.97. The summed E-state index contributed by atoms with van der Waals surface area (Å²) in [5.41, 5.74) is 0.552. The average molecular weight is 344 g/mol. The average Bonchev–Trinajstić information content (AvgIpc) is 2.53. The van der Waals surface area contributed by atoms with Crippen LogP contribution in [0, 0.1) is 11.8 Å². The minimum Gasteiger partial charge on any atom is -0.481 e. The number of carbonyl (C=O) groups excluding carboxylic acids is 2. The molecule has 0 bridgehead atoms. The quantitative estimate of drug-likeness (QED) is 0.732. The zero-order chi connectivity index (χ0) is 18.6. The van der Waals surface area contributed by atoms with E-state index in [4.69, 9.17) is 0 Å². The minimum atomic E-state index is -0.970. The maximum atomic E-state index is 12.5. The Bertz CT molecular complexity index is 704. The lowest BCUT2D eigenvalue weighted by atomic mass is 9.82. The molecule has 0 spiro atoms. The van der Waals surface area contributed by atoms with E-state index in [9.17, 15) is 19.5 Å². The van der Waals surface area contributed by atoms with Gasteiger partial charge in [0.05, 0.1) is 11.8 Å². The van der Waals surface area contributed by atoms with Gasteiger partial charge in [0.1, 0.15) is 0 Å². The number of allylic oxidation sites excluding steroid dienone is 2. The molecule has 6 heteroatoms. The van der Waals surface area contributed by atoms with Gasteiger partial charge < -0.3 is 15.7 Å². The van der Waals surface area contributed by atoms with Crippen molar-refractivity contribution in [3.05, 3.63) is 42.0 Å². The lowest BCUT2D eigenvalue weighted by Crippen LogP contribution is -2.40. The van der Waals surface area contributed by atoms with Gasteiger partial charge in [0.15, 0.2) is 0 Å². The number of carboxylic acid groups (broad SMARTS) is 1. The van der Waals surface area contributed by atoms with Crippen LogP contribution in [0.4, 0.5) is 5.69 Å². The van der Waals surface area contributed by atoms with Crippen LogP contribution in [0.15, 0.2) is 36.4 Å². The highest BCUT2D eigenvalue weighted by Gasteiger charge is 2.34. The summed E-state index contributed by atoms with van der Waals surface area (Å²) in [6.45, 7) is 5.66. The molecule has 134 valence electrons. The van der Waals surface area contributed by atoms with Gasteiger partial charge in [-0.3, -0.25) is 14.4 Å². The first-order valence-corrected chi connectivity index (χ1v) is 8.28. The number of anilines is 1. The van der Waals surface area contributed by atoms with Crippen molar-refractivity contribution in [3.63, 3.8) is 0 Å². The molecule has 0 aromatic heterocycles. The van der Waals surface area contributed by atoms with E-state index in [1.165, 1.54) is 0 Å². The fourth-order valence-electron chi connectivity index (χ4n) is 2.76. The Morgan fingerprint density at radius 2 is 1.72 bits per heavy atom. The Hall–Kier alpha value is -2.63. The van der Waals surface area contributed by atoms with Crippen molar-refractivity contribution in [3.8, 4) is 0 Å². The summed E-state index contributed by atoms with van der Waals surface area (Å²) < 4.78 is 0. The predicted octanol–water partition coefficient (Wildman–Crippen LogP) is 2.82. The second-order valence-corrected chi connectivity index (χ2v) is 7.27. The molecule has 0 aliphatic heterocycles. The molecule has 25 heavy (non-hydrogen) atoms. The third-order valence-corrected chi connectivity index (χ3v) is 3.97. The van der Waals surface area contributed by atoms with Crippen molar-refractivity contribution in [1.82, 2.24) is 5.32 Å². The van der Waals surface area contributed by atoms with Crippen LogP contribution >= 0.6 is 0 Å². The van der Waals surface area contributed by atoms with Crippen molar-refractivity contribution in [2.24, 2.45) is 11.8 Å². The molecule has 0 fully saturated rings. The second-order valence-electron chi connectivity index (χ2n) is 7.27. The van der Waals surface area contributed by atoms with Gasteiger partial charge in [-0.25, -0.2) is 0 Å². The Morgan fingerprint density at radius 3 is 2.32 bits per heavy atom. The summed E-state index contributed by atoms with van der Waals surface area (Å²) in [5.74, 6) is -2.88. The van der Waals surface area contributed by atoms with E-state index in [-0.39, 0.29) is 17.4 Å². The Labute approximate surface area is 147 Å². The smallest absolute Gasteiger partial charge is 0.307 e. The first kappa shape index (κ1) is 18.7. The molecule has 3 N–H and O–H groups in total. The van der Waals surface area contributed by atoms with Crippen molar-refractivity contribution in [2.45, 2.75) is 39.2 Å². The number of carbonyl (C=O) groups is 3. The summed E-state index contributed by atoms with van der Waals surface area (Å²) in [6, 6.07) is 6.62. The predicted molar refractivity (Wildman–Crippen MR) is 95.3 cm³/mol. The fourth-order valence-corrected chi connectivity index (χ4v) is 2.76. The van der Waals surface area contributed by atoms with Gasteiger partial charge in [-0.15, -0.1) is 0 Å². The van der Waals surface area contributed by atoms with E-state index in [1.807, 2.05) is 26.8 Å². The van der Waals surface area contributed by atoms with Gasteiger partial charge in [-0.2, -0.15) is 0 Å².